The molecule has 0 aromatic heterocycles. The van der Waals surface area contributed by atoms with Crippen LogP contribution in [0.1, 0.15) is 12.5 Å². The summed E-state index contributed by atoms with van der Waals surface area (Å²) in [6.45, 7) is 3.07. The Kier molecular flexibility index (Phi) is 5.58. The number of nitrogens with zero attached hydrogens (tertiary/aromatic N) is 1. The van der Waals surface area contributed by atoms with Crippen molar-refractivity contribution in [3.8, 4) is 5.75 Å². The van der Waals surface area contributed by atoms with Crippen LogP contribution >= 0.6 is 0 Å². The summed E-state index contributed by atoms with van der Waals surface area (Å²) < 4.78 is 5.89. The zero-order valence-electron chi connectivity index (χ0n) is 13.6. The number of hydrogen-bond donors (Lipinski definition) is 1. The first-order chi connectivity index (χ1) is 10.5. The Morgan fingerprint density at radius 3 is 2.09 bits per heavy atom. The maximum Gasteiger partial charge on any atom is 0.119 e. The highest BCUT2D eigenvalue weighted by molar-refractivity contribution is 5.24. The van der Waals surface area contributed by atoms with Gasteiger partial charge in [-0.25, -0.2) is 0 Å². The van der Waals surface area contributed by atoms with E-state index in [1.54, 1.807) is 0 Å². The molecule has 0 fully saturated rings. The molecule has 0 amide bonds. The highest BCUT2D eigenvalue weighted by Crippen LogP contribution is 2.30. The van der Waals surface area contributed by atoms with Gasteiger partial charge in [0.1, 0.15) is 5.75 Å². The van der Waals surface area contributed by atoms with Crippen LogP contribution in [0, 0.1) is 5.92 Å². The fraction of sp³-hybridized carbons (Fsp3) is 0.368. The molecule has 3 heteroatoms. The summed E-state index contributed by atoms with van der Waals surface area (Å²) in [4.78, 5) is 2.08. The van der Waals surface area contributed by atoms with Crippen molar-refractivity contribution in [2.24, 2.45) is 5.92 Å². The Hall–Kier alpha value is -1.84. The summed E-state index contributed by atoms with van der Waals surface area (Å²) in [6, 6.07) is 19.5. The topological polar surface area (TPSA) is 32.7 Å². The molecular weight excluding hydrogens is 274 g/mol. The van der Waals surface area contributed by atoms with Crippen LogP contribution in [-0.4, -0.2) is 37.3 Å². The van der Waals surface area contributed by atoms with Crippen molar-refractivity contribution >= 4 is 0 Å². The molecule has 0 spiro atoms. The van der Waals surface area contributed by atoms with E-state index in [1.807, 2.05) is 81.7 Å². The van der Waals surface area contributed by atoms with Gasteiger partial charge in [0, 0.05) is 12.5 Å². The van der Waals surface area contributed by atoms with E-state index in [0.717, 1.165) is 17.9 Å². The summed E-state index contributed by atoms with van der Waals surface area (Å²) in [6.07, 6.45) is 0. The quantitative estimate of drug-likeness (QED) is 0.852. The van der Waals surface area contributed by atoms with Crippen molar-refractivity contribution in [1.29, 1.82) is 0 Å². The minimum atomic E-state index is -0.944. The number of hydrogen-bond acceptors (Lipinski definition) is 3. The summed E-state index contributed by atoms with van der Waals surface area (Å²) in [5.41, 5.74) is -0.0288. The Balaban J connectivity index is 2.14. The van der Waals surface area contributed by atoms with E-state index in [9.17, 15) is 5.11 Å². The van der Waals surface area contributed by atoms with Crippen molar-refractivity contribution in [2.45, 2.75) is 12.5 Å². The average Bonchev–Trinajstić information content (AvgIpc) is 2.53. The van der Waals surface area contributed by atoms with E-state index in [4.69, 9.17) is 4.74 Å². The maximum absolute atomic E-state index is 11.1. The highest BCUT2D eigenvalue weighted by atomic mass is 16.5. The van der Waals surface area contributed by atoms with Gasteiger partial charge in [-0.05, 0) is 38.7 Å². The van der Waals surface area contributed by atoms with Crippen molar-refractivity contribution in [2.75, 3.05) is 27.2 Å². The van der Waals surface area contributed by atoms with E-state index in [0.29, 0.717) is 6.61 Å². The SMILES string of the molecule is CN(C)CC(COc1ccccc1)C(C)(O)c1ccccc1. The molecule has 22 heavy (non-hydrogen) atoms. The molecule has 2 aromatic carbocycles. The lowest BCUT2D eigenvalue weighted by Crippen LogP contribution is -2.41. The van der Waals surface area contributed by atoms with Crippen LogP contribution in [0.2, 0.25) is 0 Å². The lowest BCUT2D eigenvalue weighted by molar-refractivity contribution is -0.0340. The van der Waals surface area contributed by atoms with Gasteiger partial charge in [0.05, 0.1) is 12.2 Å². The van der Waals surface area contributed by atoms with Crippen LogP contribution in [0.3, 0.4) is 0 Å². The Labute approximate surface area is 133 Å². The predicted molar refractivity (Wildman–Crippen MR) is 90.0 cm³/mol. The van der Waals surface area contributed by atoms with E-state index in [-0.39, 0.29) is 5.92 Å². The van der Waals surface area contributed by atoms with Crippen molar-refractivity contribution in [3.63, 3.8) is 0 Å². The molecule has 0 aliphatic carbocycles. The average molecular weight is 299 g/mol. The fourth-order valence-corrected chi connectivity index (χ4v) is 2.56. The van der Waals surface area contributed by atoms with Crippen molar-refractivity contribution < 1.29 is 9.84 Å². The fourth-order valence-electron chi connectivity index (χ4n) is 2.56. The number of benzene rings is 2. The van der Waals surface area contributed by atoms with Gasteiger partial charge in [0.15, 0.2) is 0 Å². The standard InChI is InChI=1S/C19H25NO2/c1-19(21,16-10-6-4-7-11-16)17(14-20(2)3)15-22-18-12-8-5-9-13-18/h4-13,17,21H,14-15H2,1-3H3. The van der Waals surface area contributed by atoms with Gasteiger partial charge in [0.25, 0.3) is 0 Å². The number of rotatable bonds is 7. The molecule has 0 saturated carbocycles. The molecule has 0 saturated heterocycles. The second kappa shape index (κ2) is 7.43. The van der Waals surface area contributed by atoms with Gasteiger partial charge in [-0.1, -0.05) is 48.5 Å². The summed E-state index contributed by atoms with van der Waals surface area (Å²) in [7, 11) is 4.02. The van der Waals surface area contributed by atoms with Gasteiger partial charge in [0.2, 0.25) is 0 Å². The van der Waals surface area contributed by atoms with E-state index >= 15 is 0 Å². The first kappa shape index (κ1) is 16.5. The maximum atomic E-state index is 11.1. The summed E-state index contributed by atoms with van der Waals surface area (Å²) in [5, 5.41) is 11.1. The molecule has 0 bridgehead atoms. The molecule has 0 aliphatic rings. The number of para-hydroxylation sites is 1. The predicted octanol–water partition coefficient (Wildman–Crippen LogP) is 3.15. The van der Waals surface area contributed by atoms with Gasteiger partial charge in [-0.15, -0.1) is 0 Å². The van der Waals surface area contributed by atoms with Crippen LogP contribution in [-0.2, 0) is 5.60 Å². The highest BCUT2D eigenvalue weighted by Gasteiger charge is 2.34. The molecule has 3 nitrogen and oxygen atoms in total. The summed E-state index contributed by atoms with van der Waals surface area (Å²) in [5.74, 6) is 0.792. The molecule has 1 N–H and O–H groups in total. The van der Waals surface area contributed by atoms with E-state index in [2.05, 4.69) is 4.90 Å². The van der Waals surface area contributed by atoms with Crippen LogP contribution < -0.4 is 4.74 Å². The van der Waals surface area contributed by atoms with E-state index in [1.165, 1.54) is 0 Å². The zero-order chi connectivity index (χ0) is 16.0. The monoisotopic (exact) mass is 299 g/mol. The molecule has 0 aliphatic heterocycles. The third-order valence-corrected chi connectivity index (χ3v) is 3.93. The third-order valence-electron chi connectivity index (χ3n) is 3.93. The smallest absolute Gasteiger partial charge is 0.119 e. The van der Waals surface area contributed by atoms with Gasteiger partial charge < -0.3 is 14.7 Å². The molecular formula is C19H25NO2. The lowest BCUT2D eigenvalue weighted by atomic mass is 9.83. The molecule has 2 atom stereocenters. The van der Waals surface area contributed by atoms with Crippen molar-refractivity contribution in [3.05, 3.63) is 66.2 Å². The third kappa shape index (κ3) is 4.33. The lowest BCUT2D eigenvalue weighted by Gasteiger charge is -2.35. The van der Waals surface area contributed by atoms with Crippen LogP contribution in [0.25, 0.3) is 0 Å². The molecule has 0 radical (unpaired) electrons. The zero-order valence-corrected chi connectivity index (χ0v) is 13.6. The second-order valence-electron chi connectivity index (χ2n) is 6.10. The molecule has 2 rings (SSSR count). The summed E-state index contributed by atoms with van der Waals surface area (Å²) >= 11 is 0. The molecule has 2 unspecified atom stereocenters. The van der Waals surface area contributed by atoms with Crippen LogP contribution in [0.15, 0.2) is 60.7 Å². The number of ether oxygens (including phenoxy) is 1. The Morgan fingerprint density at radius 1 is 1.00 bits per heavy atom. The minimum absolute atomic E-state index is 0.0369. The first-order valence-electron chi connectivity index (χ1n) is 7.60. The number of aliphatic hydroxyl groups is 1. The molecule has 2 aromatic rings. The minimum Gasteiger partial charge on any atom is -0.493 e. The van der Waals surface area contributed by atoms with Gasteiger partial charge in [-0.3, -0.25) is 0 Å². The van der Waals surface area contributed by atoms with Crippen LogP contribution in [0.5, 0.6) is 5.75 Å². The van der Waals surface area contributed by atoms with Crippen molar-refractivity contribution in [1.82, 2.24) is 4.90 Å². The largest absolute Gasteiger partial charge is 0.493 e. The Morgan fingerprint density at radius 2 is 1.55 bits per heavy atom. The molecule has 118 valence electrons. The Bertz CT molecular complexity index is 552. The van der Waals surface area contributed by atoms with Crippen LogP contribution in [0.4, 0.5) is 0 Å². The van der Waals surface area contributed by atoms with E-state index < -0.39 is 5.60 Å². The molecule has 0 heterocycles. The second-order valence-corrected chi connectivity index (χ2v) is 6.10. The van der Waals surface area contributed by atoms with Gasteiger partial charge >= 0.3 is 0 Å². The normalized spacial score (nSPS) is 15.3. The first-order valence-corrected chi connectivity index (χ1v) is 7.60. The van der Waals surface area contributed by atoms with Gasteiger partial charge in [-0.2, -0.15) is 0 Å².